The van der Waals surface area contributed by atoms with Gasteiger partial charge < -0.3 is 4.74 Å². The second-order valence-corrected chi connectivity index (χ2v) is 5.98. The summed E-state index contributed by atoms with van der Waals surface area (Å²) in [5.74, 6) is -0.783. The molecule has 0 aliphatic rings. The van der Waals surface area contributed by atoms with Crippen molar-refractivity contribution in [3.63, 3.8) is 0 Å². The van der Waals surface area contributed by atoms with E-state index in [0.717, 1.165) is 18.4 Å². The quantitative estimate of drug-likeness (QED) is 0.599. The third-order valence-corrected chi connectivity index (χ3v) is 4.14. The zero-order valence-corrected chi connectivity index (χ0v) is 12.1. The summed E-state index contributed by atoms with van der Waals surface area (Å²) in [5.41, 5.74) is 2.10. The summed E-state index contributed by atoms with van der Waals surface area (Å²) in [6, 6.07) is -0.924. The fourth-order valence-corrected chi connectivity index (χ4v) is 3.41. The Morgan fingerprint density at radius 2 is 1.95 bits per heavy atom. The van der Waals surface area contributed by atoms with Gasteiger partial charge in [0.15, 0.2) is 0 Å². The Hall–Kier alpha value is -1.65. The summed E-state index contributed by atoms with van der Waals surface area (Å²) >= 11 is 1.02. The molecular formula is C9H13N3O5S2. The van der Waals surface area contributed by atoms with Crippen molar-refractivity contribution in [3.05, 3.63) is 16.3 Å². The summed E-state index contributed by atoms with van der Waals surface area (Å²) < 4.78 is 30.1. The topological polar surface area (TPSA) is 105 Å². The van der Waals surface area contributed by atoms with Gasteiger partial charge in [-0.05, 0) is 0 Å². The van der Waals surface area contributed by atoms with E-state index in [0.29, 0.717) is 0 Å². The molecule has 0 atom stereocenters. The van der Waals surface area contributed by atoms with Crippen LogP contribution in [0.15, 0.2) is 15.7 Å². The minimum Gasteiger partial charge on any atom is -0.465 e. The number of thiophene rings is 1. The van der Waals surface area contributed by atoms with Crippen LogP contribution in [0.5, 0.6) is 0 Å². The van der Waals surface area contributed by atoms with Crippen LogP contribution in [-0.4, -0.2) is 46.6 Å². The van der Waals surface area contributed by atoms with E-state index in [1.807, 2.05) is 0 Å². The molecule has 106 valence electrons. The number of ether oxygens (including phenoxy) is 1. The van der Waals surface area contributed by atoms with Crippen LogP contribution in [0.2, 0.25) is 0 Å². The highest BCUT2D eigenvalue weighted by Gasteiger charge is 2.26. The molecule has 0 saturated heterocycles. The van der Waals surface area contributed by atoms with Crippen molar-refractivity contribution in [2.75, 3.05) is 21.2 Å². The minimum atomic E-state index is -4.13. The number of nitrogens with zero attached hydrogens (tertiary/aromatic N) is 1. The summed E-state index contributed by atoms with van der Waals surface area (Å²) in [4.78, 5) is 22.5. The number of amides is 2. The molecule has 19 heavy (non-hydrogen) atoms. The van der Waals surface area contributed by atoms with Gasteiger partial charge in [0.25, 0.3) is 10.0 Å². The van der Waals surface area contributed by atoms with E-state index >= 15 is 0 Å². The second kappa shape index (κ2) is 5.99. The first-order valence-electron chi connectivity index (χ1n) is 4.93. The van der Waals surface area contributed by atoms with Crippen LogP contribution >= 0.6 is 11.3 Å². The summed E-state index contributed by atoms with van der Waals surface area (Å²) in [6.45, 7) is 0. The van der Waals surface area contributed by atoms with Crippen LogP contribution in [0.4, 0.5) is 4.79 Å². The first-order chi connectivity index (χ1) is 8.77. The number of hydrazine groups is 1. The zero-order chi connectivity index (χ0) is 14.6. The van der Waals surface area contributed by atoms with Gasteiger partial charge in [0.05, 0.1) is 12.7 Å². The lowest BCUT2D eigenvalue weighted by molar-refractivity contribution is 0.0597. The lowest BCUT2D eigenvalue weighted by Crippen LogP contribution is -2.45. The number of carbonyl (C=O) groups is 2. The van der Waals surface area contributed by atoms with Crippen LogP contribution in [0.25, 0.3) is 0 Å². The Bertz CT molecular complexity index is 578. The molecule has 0 radical (unpaired) electrons. The fourth-order valence-electron chi connectivity index (χ4n) is 1.16. The number of methoxy groups -OCH3 is 1. The maximum Gasteiger partial charge on any atom is 0.343 e. The van der Waals surface area contributed by atoms with Crippen molar-refractivity contribution in [2.24, 2.45) is 0 Å². The third kappa shape index (κ3) is 3.91. The number of carbonyl (C=O) groups excluding carboxylic acids is 2. The van der Waals surface area contributed by atoms with Crippen molar-refractivity contribution in [1.29, 1.82) is 0 Å². The molecule has 2 N–H and O–H groups in total. The van der Waals surface area contributed by atoms with E-state index in [4.69, 9.17) is 0 Å². The number of hydrogen-bond donors (Lipinski definition) is 2. The molecule has 0 bridgehead atoms. The molecule has 10 heteroatoms. The number of hydrogen-bond acceptors (Lipinski definition) is 7. The highest BCUT2D eigenvalue weighted by molar-refractivity contribution is 7.90. The number of rotatable bonds is 4. The Kier molecular flexibility index (Phi) is 4.86. The molecule has 0 saturated carbocycles. The van der Waals surface area contributed by atoms with Gasteiger partial charge in [-0.2, -0.15) is 11.3 Å². The van der Waals surface area contributed by atoms with E-state index in [9.17, 15) is 18.0 Å². The highest BCUT2D eigenvalue weighted by atomic mass is 32.2. The molecular weight excluding hydrogens is 294 g/mol. The van der Waals surface area contributed by atoms with Gasteiger partial charge in [0, 0.05) is 24.9 Å². The molecule has 1 heterocycles. The van der Waals surface area contributed by atoms with Crippen LogP contribution in [0, 0.1) is 0 Å². The van der Waals surface area contributed by atoms with Gasteiger partial charge in [-0.1, -0.05) is 0 Å². The molecule has 0 fully saturated rings. The van der Waals surface area contributed by atoms with Crippen molar-refractivity contribution in [1.82, 2.24) is 15.2 Å². The monoisotopic (exact) mass is 307 g/mol. The first-order valence-corrected chi connectivity index (χ1v) is 7.35. The van der Waals surface area contributed by atoms with Gasteiger partial charge in [-0.15, -0.1) is 0 Å². The van der Waals surface area contributed by atoms with E-state index in [1.165, 1.54) is 29.9 Å². The Labute approximate surface area is 114 Å². The molecule has 0 spiro atoms. The molecule has 1 rings (SSSR count). The van der Waals surface area contributed by atoms with E-state index in [2.05, 4.69) is 10.2 Å². The zero-order valence-electron chi connectivity index (χ0n) is 10.5. The van der Waals surface area contributed by atoms with Crippen molar-refractivity contribution in [2.45, 2.75) is 4.90 Å². The Balaban J connectivity index is 2.99. The molecule has 2 amide bonds. The molecule has 0 aliphatic carbocycles. The van der Waals surface area contributed by atoms with Crippen LogP contribution in [0.3, 0.4) is 0 Å². The molecule has 1 aromatic heterocycles. The number of nitrogens with one attached hydrogen (secondary N) is 2. The Morgan fingerprint density at radius 3 is 2.47 bits per heavy atom. The average molecular weight is 307 g/mol. The molecule has 0 aliphatic heterocycles. The standard InChI is InChI=1S/C9H13N3O5S2/c1-12(2)10-9(14)11-19(15,16)7-5-18-4-6(7)8(13)17-3/h4-5H,1-3H3,(H2,10,11,14). The van der Waals surface area contributed by atoms with Crippen LogP contribution in [-0.2, 0) is 14.8 Å². The first kappa shape index (κ1) is 15.4. The summed E-state index contributed by atoms with van der Waals surface area (Å²) in [5, 5.41) is 3.86. The minimum absolute atomic E-state index is 0.113. The largest absolute Gasteiger partial charge is 0.465 e. The third-order valence-electron chi connectivity index (χ3n) is 1.87. The average Bonchev–Trinajstić information content (AvgIpc) is 2.75. The van der Waals surface area contributed by atoms with E-state index in [-0.39, 0.29) is 10.5 Å². The number of esters is 1. The van der Waals surface area contributed by atoms with E-state index in [1.54, 1.807) is 4.72 Å². The maximum absolute atomic E-state index is 11.9. The normalized spacial score (nSPS) is 11.2. The summed E-state index contributed by atoms with van der Waals surface area (Å²) in [6.07, 6.45) is 0. The van der Waals surface area contributed by atoms with Gasteiger partial charge >= 0.3 is 12.0 Å². The lowest BCUT2D eigenvalue weighted by atomic mass is 10.3. The highest BCUT2D eigenvalue weighted by Crippen LogP contribution is 2.21. The lowest BCUT2D eigenvalue weighted by Gasteiger charge is -2.13. The Morgan fingerprint density at radius 1 is 1.32 bits per heavy atom. The fraction of sp³-hybridized carbons (Fsp3) is 0.333. The van der Waals surface area contributed by atoms with Gasteiger partial charge in [0.1, 0.15) is 4.90 Å². The van der Waals surface area contributed by atoms with Crippen molar-refractivity contribution < 1.29 is 22.7 Å². The van der Waals surface area contributed by atoms with Crippen LogP contribution in [0.1, 0.15) is 10.4 Å². The van der Waals surface area contributed by atoms with Gasteiger partial charge in [0.2, 0.25) is 0 Å². The maximum atomic E-state index is 11.9. The van der Waals surface area contributed by atoms with Crippen molar-refractivity contribution in [3.8, 4) is 0 Å². The second-order valence-electron chi connectivity index (χ2n) is 3.58. The number of urea groups is 1. The summed E-state index contributed by atoms with van der Waals surface area (Å²) in [7, 11) is 0.0637. The van der Waals surface area contributed by atoms with Gasteiger partial charge in [-0.25, -0.2) is 27.7 Å². The SMILES string of the molecule is COC(=O)c1cscc1S(=O)(=O)NC(=O)NN(C)C. The molecule has 1 aromatic rings. The molecule has 0 aromatic carbocycles. The molecule has 8 nitrogen and oxygen atoms in total. The predicted octanol–water partition coefficient (Wildman–Crippen LogP) is -0.000800. The van der Waals surface area contributed by atoms with E-state index < -0.39 is 22.0 Å². The van der Waals surface area contributed by atoms with Crippen molar-refractivity contribution >= 4 is 33.4 Å². The predicted molar refractivity (Wildman–Crippen MR) is 68.2 cm³/mol. The van der Waals surface area contributed by atoms with Gasteiger partial charge in [-0.3, -0.25) is 5.43 Å². The smallest absolute Gasteiger partial charge is 0.343 e. The number of sulfonamides is 1. The van der Waals surface area contributed by atoms with Crippen LogP contribution < -0.4 is 10.1 Å². The molecule has 0 unspecified atom stereocenters.